The van der Waals surface area contributed by atoms with E-state index < -0.39 is 0 Å². The van der Waals surface area contributed by atoms with Gasteiger partial charge in [-0.05, 0) is 56.1 Å². The van der Waals surface area contributed by atoms with Gasteiger partial charge in [-0.15, -0.1) is 0 Å². The molecule has 1 aromatic carbocycles. The van der Waals surface area contributed by atoms with E-state index in [1.165, 1.54) is 11.1 Å². The minimum absolute atomic E-state index is 0.776. The third-order valence-electron chi connectivity index (χ3n) is 2.95. The number of nitrogens with zero attached hydrogens (tertiary/aromatic N) is 1. The van der Waals surface area contributed by atoms with Crippen LogP contribution in [0.3, 0.4) is 0 Å². The third kappa shape index (κ3) is 4.35. The van der Waals surface area contributed by atoms with Crippen LogP contribution in [0.5, 0.6) is 11.5 Å². The van der Waals surface area contributed by atoms with Crippen molar-refractivity contribution in [1.82, 2.24) is 10.3 Å². The minimum atomic E-state index is 0.776. The van der Waals surface area contributed by atoms with Gasteiger partial charge in [0, 0.05) is 18.8 Å². The summed E-state index contributed by atoms with van der Waals surface area (Å²) < 4.78 is 5.92. The zero-order valence-electron chi connectivity index (χ0n) is 12.4. The average molecular weight is 270 g/mol. The van der Waals surface area contributed by atoms with Crippen molar-refractivity contribution in [2.75, 3.05) is 6.54 Å². The highest BCUT2D eigenvalue weighted by Gasteiger charge is 2.01. The third-order valence-corrected chi connectivity index (χ3v) is 2.95. The van der Waals surface area contributed by atoms with E-state index in [0.29, 0.717) is 0 Å². The predicted molar refractivity (Wildman–Crippen MR) is 82.2 cm³/mol. The van der Waals surface area contributed by atoms with E-state index in [4.69, 9.17) is 4.74 Å². The number of hydrogen-bond acceptors (Lipinski definition) is 3. The van der Waals surface area contributed by atoms with E-state index in [1.54, 1.807) is 6.20 Å². The van der Waals surface area contributed by atoms with Crippen molar-refractivity contribution in [3.05, 3.63) is 53.3 Å². The van der Waals surface area contributed by atoms with Gasteiger partial charge in [-0.25, -0.2) is 0 Å². The molecule has 1 aromatic heterocycles. The molecule has 3 heteroatoms. The van der Waals surface area contributed by atoms with E-state index >= 15 is 0 Å². The number of ether oxygens (including phenoxy) is 1. The number of benzene rings is 1. The van der Waals surface area contributed by atoms with Crippen LogP contribution < -0.4 is 10.1 Å². The molecule has 0 radical (unpaired) electrons. The molecule has 0 aliphatic carbocycles. The molecule has 0 bridgehead atoms. The van der Waals surface area contributed by atoms with Crippen LogP contribution in [-0.4, -0.2) is 11.5 Å². The highest BCUT2D eigenvalue weighted by Crippen LogP contribution is 2.23. The fraction of sp³-hybridized carbons (Fsp3) is 0.353. The van der Waals surface area contributed by atoms with Gasteiger partial charge in [-0.3, -0.25) is 4.98 Å². The lowest BCUT2D eigenvalue weighted by Gasteiger charge is -2.09. The fourth-order valence-corrected chi connectivity index (χ4v) is 2.14. The highest BCUT2D eigenvalue weighted by molar-refractivity contribution is 5.37. The van der Waals surface area contributed by atoms with Crippen LogP contribution in [0.15, 0.2) is 36.5 Å². The number of aryl methyl sites for hydroxylation is 2. The lowest BCUT2D eigenvalue weighted by molar-refractivity contribution is 0.479. The molecule has 0 spiro atoms. The van der Waals surface area contributed by atoms with E-state index in [-0.39, 0.29) is 0 Å². The van der Waals surface area contributed by atoms with Gasteiger partial charge >= 0.3 is 0 Å². The van der Waals surface area contributed by atoms with Gasteiger partial charge < -0.3 is 10.1 Å². The molecule has 2 aromatic rings. The molecule has 0 atom stereocenters. The number of rotatable bonds is 6. The molecule has 0 saturated heterocycles. The summed E-state index contributed by atoms with van der Waals surface area (Å²) in [5, 5.41) is 3.34. The Morgan fingerprint density at radius 2 is 1.80 bits per heavy atom. The zero-order chi connectivity index (χ0) is 14.4. The Kier molecular flexibility index (Phi) is 5.13. The number of nitrogens with one attached hydrogen (secondary N) is 1. The summed E-state index contributed by atoms with van der Waals surface area (Å²) in [6.45, 7) is 8.08. The summed E-state index contributed by atoms with van der Waals surface area (Å²) in [5.74, 6) is 1.71. The van der Waals surface area contributed by atoms with Crippen LogP contribution in [0.25, 0.3) is 0 Å². The monoisotopic (exact) mass is 270 g/mol. The van der Waals surface area contributed by atoms with Gasteiger partial charge in [0.2, 0.25) is 0 Å². The number of pyridine rings is 1. The first-order chi connectivity index (χ1) is 9.67. The maximum atomic E-state index is 5.92. The van der Waals surface area contributed by atoms with Crippen molar-refractivity contribution in [2.45, 2.75) is 33.7 Å². The summed E-state index contributed by atoms with van der Waals surface area (Å²) in [7, 11) is 0. The predicted octanol–water partition coefficient (Wildman–Crippen LogP) is 3.99. The van der Waals surface area contributed by atoms with Crippen LogP contribution in [0.1, 0.15) is 30.2 Å². The van der Waals surface area contributed by atoms with Gasteiger partial charge in [0.05, 0.1) is 5.69 Å². The van der Waals surface area contributed by atoms with Crippen molar-refractivity contribution in [2.24, 2.45) is 0 Å². The average Bonchev–Trinajstić information content (AvgIpc) is 2.38. The van der Waals surface area contributed by atoms with Gasteiger partial charge in [0.1, 0.15) is 11.5 Å². The second-order valence-electron chi connectivity index (χ2n) is 5.09. The fourth-order valence-electron chi connectivity index (χ4n) is 2.14. The Morgan fingerprint density at radius 1 is 1.05 bits per heavy atom. The SMILES string of the molecule is CCCNCc1cc(Oc2cc(C)cc(C)c2)ccn1. The van der Waals surface area contributed by atoms with Crippen LogP contribution in [0, 0.1) is 13.8 Å². The van der Waals surface area contributed by atoms with Crippen molar-refractivity contribution >= 4 is 0 Å². The van der Waals surface area contributed by atoms with Gasteiger partial charge in [-0.1, -0.05) is 13.0 Å². The molecule has 0 aliphatic heterocycles. The first kappa shape index (κ1) is 14.5. The Morgan fingerprint density at radius 3 is 2.50 bits per heavy atom. The van der Waals surface area contributed by atoms with Crippen molar-refractivity contribution < 1.29 is 4.74 Å². The molecule has 3 nitrogen and oxygen atoms in total. The normalized spacial score (nSPS) is 10.6. The maximum absolute atomic E-state index is 5.92. The van der Waals surface area contributed by atoms with Gasteiger partial charge in [-0.2, -0.15) is 0 Å². The Labute approximate surface area is 121 Å². The molecule has 20 heavy (non-hydrogen) atoms. The summed E-state index contributed by atoms with van der Waals surface area (Å²) >= 11 is 0. The quantitative estimate of drug-likeness (QED) is 0.806. The molecule has 0 amide bonds. The molecule has 0 saturated carbocycles. The molecule has 0 unspecified atom stereocenters. The van der Waals surface area contributed by atoms with E-state index in [1.807, 2.05) is 24.3 Å². The second kappa shape index (κ2) is 7.06. The van der Waals surface area contributed by atoms with E-state index in [9.17, 15) is 0 Å². The smallest absolute Gasteiger partial charge is 0.130 e. The Bertz CT molecular complexity index is 546. The van der Waals surface area contributed by atoms with E-state index in [2.05, 4.69) is 37.1 Å². The van der Waals surface area contributed by atoms with Crippen LogP contribution in [-0.2, 0) is 6.54 Å². The minimum Gasteiger partial charge on any atom is -0.457 e. The summed E-state index contributed by atoms with van der Waals surface area (Å²) in [4.78, 5) is 4.35. The molecule has 0 aliphatic rings. The summed E-state index contributed by atoms with van der Waals surface area (Å²) in [5.41, 5.74) is 3.41. The molecule has 0 fully saturated rings. The first-order valence-electron chi connectivity index (χ1n) is 7.09. The Hall–Kier alpha value is -1.87. The standard InChI is InChI=1S/C17H22N2O/c1-4-6-18-12-15-11-16(5-7-19-15)20-17-9-13(2)8-14(3)10-17/h5,7-11,18H,4,6,12H2,1-3H3. The Balaban J connectivity index is 2.07. The van der Waals surface area contributed by atoms with Crippen LogP contribution in [0.2, 0.25) is 0 Å². The summed E-state index contributed by atoms with van der Waals surface area (Å²) in [6.07, 6.45) is 2.92. The van der Waals surface area contributed by atoms with Crippen molar-refractivity contribution in [3.8, 4) is 11.5 Å². The van der Waals surface area contributed by atoms with Crippen molar-refractivity contribution in [1.29, 1.82) is 0 Å². The van der Waals surface area contributed by atoms with Gasteiger partial charge in [0.25, 0.3) is 0 Å². The van der Waals surface area contributed by atoms with Crippen LogP contribution >= 0.6 is 0 Å². The van der Waals surface area contributed by atoms with Crippen molar-refractivity contribution in [3.63, 3.8) is 0 Å². The maximum Gasteiger partial charge on any atom is 0.130 e. The zero-order valence-corrected chi connectivity index (χ0v) is 12.4. The first-order valence-corrected chi connectivity index (χ1v) is 7.09. The molecular weight excluding hydrogens is 248 g/mol. The second-order valence-corrected chi connectivity index (χ2v) is 5.09. The van der Waals surface area contributed by atoms with E-state index in [0.717, 1.165) is 36.7 Å². The van der Waals surface area contributed by atoms with Crippen LogP contribution in [0.4, 0.5) is 0 Å². The number of hydrogen-bond donors (Lipinski definition) is 1. The highest BCUT2D eigenvalue weighted by atomic mass is 16.5. The molecule has 106 valence electrons. The largest absolute Gasteiger partial charge is 0.457 e. The lowest BCUT2D eigenvalue weighted by Crippen LogP contribution is -2.14. The van der Waals surface area contributed by atoms with Gasteiger partial charge in [0.15, 0.2) is 0 Å². The topological polar surface area (TPSA) is 34.1 Å². The molecule has 2 rings (SSSR count). The molecular formula is C17H22N2O. The summed E-state index contributed by atoms with van der Waals surface area (Å²) in [6, 6.07) is 10.1. The molecule has 1 heterocycles. The lowest BCUT2D eigenvalue weighted by atomic mass is 10.1. The number of aromatic nitrogens is 1. The molecule has 1 N–H and O–H groups in total.